The predicted molar refractivity (Wildman–Crippen MR) is 70.6 cm³/mol. The largest absolute Gasteiger partial charge is 0.287 e. The van der Waals surface area contributed by atoms with Crippen molar-refractivity contribution in [3.05, 3.63) is 57.5 Å². The quantitative estimate of drug-likeness (QED) is 0.626. The molecular formula is C12H9Br2N2O+. The number of hydrogen-bond acceptors (Lipinski definition) is 2. The normalized spacial score (nSPS) is 10.2. The van der Waals surface area contributed by atoms with Gasteiger partial charge in [-0.25, -0.2) is 4.98 Å². The van der Waals surface area contributed by atoms with Gasteiger partial charge in [-0.15, -0.1) is 0 Å². The molecule has 0 radical (unpaired) electrons. The number of hydrogen-bond donors (Lipinski definition) is 0. The zero-order valence-corrected chi connectivity index (χ0v) is 12.0. The molecule has 17 heavy (non-hydrogen) atoms. The van der Waals surface area contributed by atoms with Gasteiger partial charge in [0.15, 0.2) is 4.60 Å². The van der Waals surface area contributed by atoms with Gasteiger partial charge in [-0.05, 0) is 15.9 Å². The highest BCUT2D eigenvalue weighted by molar-refractivity contribution is 9.10. The lowest BCUT2D eigenvalue weighted by Crippen LogP contribution is -2.39. The molecule has 0 unspecified atom stereocenters. The summed E-state index contributed by atoms with van der Waals surface area (Å²) in [7, 11) is 0. The fourth-order valence-corrected chi connectivity index (χ4v) is 2.08. The van der Waals surface area contributed by atoms with Gasteiger partial charge in [-0.1, -0.05) is 30.3 Å². The van der Waals surface area contributed by atoms with Crippen LogP contribution in [-0.2, 0) is 6.54 Å². The van der Waals surface area contributed by atoms with Gasteiger partial charge in [0, 0.05) is 21.5 Å². The van der Waals surface area contributed by atoms with Crippen molar-refractivity contribution < 1.29 is 9.36 Å². The summed E-state index contributed by atoms with van der Waals surface area (Å²) >= 11 is 6.64. The van der Waals surface area contributed by atoms with Crippen LogP contribution in [-0.4, -0.2) is 10.8 Å². The third kappa shape index (κ3) is 3.20. The van der Waals surface area contributed by atoms with Crippen molar-refractivity contribution >= 4 is 37.6 Å². The topological polar surface area (TPSA) is 33.8 Å². The fraction of sp³-hybridized carbons (Fsp3) is 0.0833. The van der Waals surface area contributed by atoms with E-state index in [-0.39, 0.29) is 12.3 Å². The highest BCUT2D eigenvalue weighted by atomic mass is 79.9. The Morgan fingerprint density at radius 2 is 1.94 bits per heavy atom. The van der Waals surface area contributed by atoms with Gasteiger partial charge in [0.1, 0.15) is 6.20 Å². The number of carbonyl (C=O) groups excluding carboxylic acids is 1. The van der Waals surface area contributed by atoms with E-state index in [1.807, 2.05) is 30.3 Å². The molecule has 1 aromatic heterocycles. The minimum atomic E-state index is 0.0643. The molecule has 0 aliphatic heterocycles. The molecule has 0 fully saturated rings. The Kier molecular flexibility index (Phi) is 4.02. The molecule has 2 rings (SSSR count). The molecule has 0 aliphatic rings. The number of halogens is 2. The summed E-state index contributed by atoms with van der Waals surface area (Å²) in [6.45, 7) is 0.283. The van der Waals surface area contributed by atoms with Gasteiger partial charge in [0.05, 0.1) is 0 Å². The molecule has 0 amide bonds. The first-order valence-electron chi connectivity index (χ1n) is 4.95. The number of aromatic nitrogens is 2. The standard InChI is InChI=1S/C12H9Br2N2O/c13-11-8-16(12(14)6-15-11)7-10(17)9-4-2-1-3-5-9/h1-6,8H,7H2/q+1. The molecule has 0 saturated heterocycles. The number of nitrogens with zero attached hydrogens (tertiary/aromatic N) is 2. The Balaban J connectivity index is 2.22. The van der Waals surface area contributed by atoms with E-state index in [1.54, 1.807) is 17.0 Å². The van der Waals surface area contributed by atoms with Crippen LogP contribution in [0.5, 0.6) is 0 Å². The highest BCUT2D eigenvalue weighted by Gasteiger charge is 2.15. The number of Topliss-reactive ketones (excluding diaryl/α,β-unsaturated/α-hetero) is 1. The first kappa shape index (κ1) is 12.4. The summed E-state index contributed by atoms with van der Waals surface area (Å²) in [4.78, 5) is 16.1. The summed E-state index contributed by atoms with van der Waals surface area (Å²) in [5.41, 5.74) is 0.708. The summed E-state index contributed by atoms with van der Waals surface area (Å²) in [5, 5.41) is 0. The SMILES string of the molecule is O=C(C[n+]1cc(Br)ncc1Br)c1ccccc1. The lowest BCUT2D eigenvalue weighted by atomic mass is 10.1. The van der Waals surface area contributed by atoms with Gasteiger partial charge < -0.3 is 0 Å². The second-order valence-corrected chi connectivity index (χ2v) is 5.07. The fourth-order valence-electron chi connectivity index (χ4n) is 1.40. The average molecular weight is 357 g/mol. The molecule has 0 atom stereocenters. The molecule has 0 bridgehead atoms. The van der Waals surface area contributed by atoms with E-state index in [0.29, 0.717) is 10.2 Å². The molecule has 1 heterocycles. The van der Waals surface area contributed by atoms with E-state index in [2.05, 4.69) is 36.8 Å². The Morgan fingerprint density at radius 1 is 1.24 bits per heavy atom. The van der Waals surface area contributed by atoms with E-state index in [0.717, 1.165) is 4.60 Å². The minimum absolute atomic E-state index is 0.0643. The van der Waals surface area contributed by atoms with E-state index >= 15 is 0 Å². The van der Waals surface area contributed by atoms with Crippen LogP contribution < -0.4 is 4.57 Å². The molecule has 86 valence electrons. The van der Waals surface area contributed by atoms with Crippen LogP contribution in [0.15, 0.2) is 51.9 Å². The summed E-state index contributed by atoms with van der Waals surface area (Å²) in [5.74, 6) is 0.0643. The van der Waals surface area contributed by atoms with E-state index in [4.69, 9.17) is 0 Å². The first-order valence-corrected chi connectivity index (χ1v) is 6.54. The molecule has 5 heteroatoms. The van der Waals surface area contributed by atoms with E-state index in [9.17, 15) is 4.79 Å². The third-order valence-corrected chi connectivity index (χ3v) is 3.31. The van der Waals surface area contributed by atoms with Crippen molar-refractivity contribution in [2.75, 3.05) is 0 Å². The van der Waals surface area contributed by atoms with Crippen LogP contribution >= 0.6 is 31.9 Å². The summed E-state index contributed by atoms with van der Waals surface area (Å²) in [6.07, 6.45) is 3.42. The van der Waals surface area contributed by atoms with Crippen molar-refractivity contribution in [3.8, 4) is 0 Å². The van der Waals surface area contributed by atoms with Crippen molar-refractivity contribution in [2.24, 2.45) is 0 Å². The van der Waals surface area contributed by atoms with Crippen molar-refractivity contribution in [2.45, 2.75) is 6.54 Å². The monoisotopic (exact) mass is 355 g/mol. The maximum Gasteiger partial charge on any atom is 0.266 e. The molecule has 1 aromatic carbocycles. The first-order chi connectivity index (χ1) is 8.16. The molecule has 0 N–H and O–H groups in total. The van der Waals surface area contributed by atoms with Gasteiger partial charge in [-0.2, -0.15) is 4.57 Å². The van der Waals surface area contributed by atoms with Crippen molar-refractivity contribution in [3.63, 3.8) is 0 Å². The average Bonchev–Trinajstić information content (AvgIpc) is 2.35. The van der Waals surface area contributed by atoms with Crippen LogP contribution in [0.3, 0.4) is 0 Å². The van der Waals surface area contributed by atoms with Crippen molar-refractivity contribution in [1.82, 2.24) is 4.98 Å². The zero-order valence-electron chi connectivity index (χ0n) is 8.81. The maximum absolute atomic E-state index is 12.0. The summed E-state index contributed by atoms with van der Waals surface area (Å²) in [6, 6.07) is 9.23. The lowest BCUT2D eigenvalue weighted by molar-refractivity contribution is -0.695. The van der Waals surface area contributed by atoms with Gasteiger partial charge >= 0.3 is 0 Å². The Bertz CT molecular complexity index is 543. The highest BCUT2D eigenvalue weighted by Crippen LogP contribution is 2.07. The number of rotatable bonds is 3. The number of carbonyl (C=O) groups is 1. The number of benzene rings is 1. The molecule has 0 saturated carbocycles. The molecular weight excluding hydrogens is 348 g/mol. The predicted octanol–water partition coefficient (Wildman–Crippen LogP) is 2.78. The van der Waals surface area contributed by atoms with E-state index < -0.39 is 0 Å². The third-order valence-electron chi connectivity index (χ3n) is 2.24. The van der Waals surface area contributed by atoms with E-state index in [1.165, 1.54) is 0 Å². The smallest absolute Gasteiger partial charge is 0.266 e. The minimum Gasteiger partial charge on any atom is -0.287 e. The Morgan fingerprint density at radius 3 is 2.65 bits per heavy atom. The number of ketones is 1. The van der Waals surface area contributed by atoms with Crippen LogP contribution in [0.1, 0.15) is 10.4 Å². The molecule has 0 aliphatic carbocycles. The van der Waals surface area contributed by atoms with Crippen LogP contribution in [0, 0.1) is 0 Å². The van der Waals surface area contributed by atoms with Gasteiger partial charge in [0.2, 0.25) is 18.5 Å². The van der Waals surface area contributed by atoms with Gasteiger partial charge in [0.25, 0.3) is 4.60 Å². The van der Waals surface area contributed by atoms with Crippen LogP contribution in [0.4, 0.5) is 0 Å². The molecule has 2 aromatic rings. The second-order valence-electron chi connectivity index (χ2n) is 3.45. The van der Waals surface area contributed by atoms with Crippen LogP contribution in [0.25, 0.3) is 0 Å². The Labute approximate surface area is 116 Å². The maximum atomic E-state index is 12.0. The zero-order chi connectivity index (χ0) is 12.3. The van der Waals surface area contributed by atoms with Gasteiger partial charge in [-0.3, -0.25) is 4.79 Å². The van der Waals surface area contributed by atoms with Crippen LogP contribution in [0.2, 0.25) is 0 Å². The Hall–Kier alpha value is -1.07. The van der Waals surface area contributed by atoms with Crippen molar-refractivity contribution in [1.29, 1.82) is 0 Å². The summed E-state index contributed by atoms with van der Waals surface area (Å²) < 4.78 is 3.26. The molecule has 0 spiro atoms. The second kappa shape index (κ2) is 5.51. The lowest BCUT2D eigenvalue weighted by Gasteiger charge is -1.99. The molecule has 3 nitrogen and oxygen atoms in total.